The summed E-state index contributed by atoms with van der Waals surface area (Å²) in [5.41, 5.74) is 2.09. The van der Waals surface area contributed by atoms with Gasteiger partial charge in [0.1, 0.15) is 23.6 Å². The summed E-state index contributed by atoms with van der Waals surface area (Å²) in [7, 11) is 0. The monoisotopic (exact) mass is 378 g/mol. The van der Waals surface area contributed by atoms with Gasteiger partial charge >= 0.3 is 0 Å². The highest BCUT2D eigenvalue weighted by Gasteiger charge is 2.30. The Morgan fingerprint density at radius 1 is 1.00 bits per heavy atom. The van der Waals surface area contributed by atoms with Crippen LogP contribution in [0.3, 0.4) is 0 Å². The van der Waals surface area contributed by atoms with Crippen molar-refractivity contribution in [2.75, 3.05) is 0 Å². The lowest BCUT2D eigenvalue weighted by atomic mass is 9.86. The molecule has 5 nitrogen and oxygen atoms in total. The Morgan fingerprint density at radius 2 is 1.89 bits per heavy atom. The molecule has 28 heavy (non-hydrogen) atoms. The second-order valence-electron chi connectivity index (χ2n) is 7.70. The van der Waals surface area contributed by atoms with E-state index in [9.17, 15) is 4.39 Å². The van der Waals surface area contributed by atoms with E-state index in [2.05, 4.69) is 19.7 Å². The van der Waals surface area contributed by atoms with Gasteiger partial charge in [-0.2, -0.15) is 0 Å². The maximum atomic E-state index is 13.7. The minimum Gasteiger partial charge on any atom is -0.474 e. The third-order valence-electron chi connectivity index (χ3n) is 5.85. The van der Waals surface area contributed by atoms with Crippen LogP contribution in [-0.2, 0) is 12.8 Å². The van der Waals surface area contributed by atoms with Crippen molar-refractivity contribution in [1.29, 1.82) is 0 Å². The van der Waals surface area contributed by atoms with E-state index in [1.165, 1.54) is 6.07 Å². The Hall–Kier alpha value is -2.76. The number of fused-ring (bicyclic) bond motifs is 3. The molecule has 1 aliphatic heterocycles. The molecule has 0 radical (unpaired) electrons. The molecule has 0 amide bonds. The van der Waals surface area contributed by atoms with Crippen LogP contribution in [0, 0.1) is 5.82 Å². The quantitative estimate of drug-likeness (QED) is 0.678. The number of hydrogen-bond donors (Lipinski definition) is 0. The third kappa shape index (κ3) is 3.28. The normalized spacial score (nSPS) is 21.5. The van der Waals surface area contributed by atoms with Gasteiger partial charge in [0, 0.05) is 24.6 Å². The summed E-state index contributed by atoms with van der Waals surface area (Å²) in [5.74, 6) is 2.87. The van der Waals surface area contributed by atoms with E-state index in [4.69, 9.17) is 4.74 Å². The van der Waals surface area contributed by atoms with Crippen LogP contribution in [0.1, 0.15) is 55.2 Å². The average molecular weight is 378 g/mol. The maximum absolute atomic E-state index is 13.7. The predicted molar refractivity (Wildman–Crippen MR) is 103 cm³/mol. The van der Waals surface area contributed by atoms with Gasteiger partial charge in [-0.15, -0.1) is 10.2 Å². The van der Waals surface area contributed by atoms with Gasteiger partial charge in [-0.25, -0.2) is 9.37 Å². The first-order valence-corrected chi connectivity index (χ1v) is 10.1. The van der Waals surface area contributed by atoms with Gasteiger partial charge in [-0.05, 0) is 68.4 Å². The SMILES string of the molecule is Fc1ccc2c(c1)CCCc1nnc(C3CCC(Oc4ccccn4)CC3)n1-2. The van der Waals surface area contributed by atoms with E-state index in [1.807, 2.05) is 24.3 Å². The Balaban J connectivity index is 1.37. The minimum atomic E-state index is -0.177. The largest absolute Gasteiger partial charge is 0.474 e. The molecular weight excluding hydrogens is 355 g/mol. The summed E-state index contributed by atoms with van der Waals surface area (Å²) in [4.78, 5) is 4.26. The number of aryl methyl sites for hydroxylation is 2. The van der Waals surface area contributed by atoms with Crippen molar-refractivity contribution in [2.24, 2.45) is 0 Å². The summed E-state index contributed by atoms with van der Waals surface area (Å²) >= 11 is 0. The molecule has 3 aromatic rings. The standard InChI is InChI=1S/C22H23FN4O/c23-17-9-12-19-16(14-17)4-3-5-20-25-26-22(27(19)20)15-7-10-18(11-8-15)28-21-6-1-2-13-24-21/h1-2,6,9,12-15,18H,3-5,7-8,10-11H2. The van der Waals surface area contributed by atoms with E-state index in [0.717, 1.165) is 67.8 Å². The number of benzene rings is 1. The van der Waals surface area contributed by atoms with Gasteiger partial charge in [-0.3, -0.25) is 4.57 Å². The molecule has 3 heterocycles. The fraction of sp³-hybridized carbons (Fsp3) is 0.409. The first-order chi connectivity index (χ1) is 13.8. The smallest absolute Gasteiger partial charge is 0.213 e. The zero-order valence-corrected chi connectivity index (χ0v) is 15.7. The highest BCUT2D eigenvalue weighted by atomic mass is 19.1. The molecule has 0 unspecified atom stereocenters. The van der Waals surface area contributed by atoms with Crippen LogP contribution in [0.5, 0.6) is 5.88 Å². The molecule has 2 aromatic heterocycles. The molecule has 0 saturated heterocycles. The van der Waals surface area contributed by atoms with Crippen molar-refractivity contribution in [3.8, 4) is 11.6 Å². The Kier molecular flexibility index (Phi) is 4.55. The van der Waals surface area contributed by atoms with Gasteiger partial charge < -0.3 is 4.74 Å². The molecule has 6 heteroatoms. The molecule has 144 valence electrons. The number of ether oxygens (including phenoxy) is 1. The second-order valence-corrected chi connectivity index (χ2v) is 7.70. The first-order valence-electron chi connectivity index (χ1n) is 10.1. The number of halogens is 1. The highest BCUT2D eigenvalue weighted by molar-refractivity contribution is 5.44. The van der Waals surface area contributed by atoms with Crippen LogP contribution in [0.4, 0.5) is 4.39 Å². The molecular formula is C22H23FN4O. The van der Waals surface area contributed by atoms with E-state index >= 15 is 0 Å². The van der Waals surface area contributed by atoms with Crippen LogP contribution in [0.15, 0.2) is 42.6 Å². The van der Waals surface area contributed by atoms with Crippen LogP contribution >= 0.6 is 0 Å². The zero-order valence-electron chi connectivity index (χ0n) is 15.7. The van der Waals surface area contributed by atoms with Gasteiger partial charge in [0.15, 0.2) is 0 Å². The summed E-state index contributed by atoms with van der Waals surface area (Å²) in [6, 6.07) is 10.8. The topological polar surface area (TPSA) is 52.8 Å². The third-order valence-corrected chi connectivity index (χ3v) is 5.85. The molecule has 0 spiro atoms. The van der Waals surface area contributed by atoms with Crippen molar-refractivity contribution in [3.05, 3.63) is 65.6 Å². The second kappa shape index (κ2) is 7.34. The van der Waals surface area contributed by atoms with E-state index in [-0.39, 0.29) is 11.9 Å². The first kappa shape index (κ1) is 17.3. The Bertz CT molecular complexity index is 964. The van der Waals surface area contributed by atoms with Gasteiger partial charge in [0.25, 0.3) is 0 Å². The maximum Gasteiger partial charge on any atom is 0.213 e. The zero-order chi connectivity index (χ0) is 18.9. The highest BCUT2D eigenvalue weighted by Crippen LogP contribution is 2.36. The minimum absolute atomic E-state index is 0.177. The lowest BCUT2D eigenvalue weighted by molar-refractivity contribution is 0.139. The van der Waals surface area contributed by atoms with Gasteiger partial charge in [0.05, 0.1) is 5.69 Å². The number of nitrogens with zero attached hydrogens (tertiary/aromatic N) is 4. The summed E-state index contributed by atoms with van der Waals surface area (Å²) in [6.45, 7) is 0. The van der Waals surface area contributed by atoms with Crippen molar-refractivity contribution < 1.29 is 9.13 Å². The van der Waals surface area contributed by atoms with Crippen molar-refractivity contribution in [3.63, 3.8) is 0 Å². The Morgan fingerprint density at radius 3 is 2.71 bits per heavy atom. The van der Waals surface area contributed by atoms with Crippen molar-refractivity contribution in [1.82, 2.24) is 19.7 Å². The number of rotatable bonds is 3. The summed E-state index contributed by atoms with van der Waals surface area (Å²) < 4.78 is 22.0. The number of hydrogen-bond acceptors (Lipinski definition) is 4. The molecule has 0 atom stereocenters. The molecule has 1 aliphatic carbocycles. The van der Waals surface area contributed by atoms with Crippen LogP contribution in [0.25, 0.3) is 5.69 Å². The van der Waals surface area contributed by atoms with Crippen LogP contribution in [0.2, 0.25) is 0 Å². The molecule has 0 bridgehead atoms. The predicted octanol–water partition coefficient (Wildman–Crippen LogP) is 4.40. The van der Waals surface area contributed by atoms with Crippen molar-refractivity contribution >= 4 is 0 Å². The average Bonchev–Trinajstić information content (AvgIpc) is 3.05. The van der Waals surface area contributed by atoms with Gasteiger partial charge in [0.2, 0.25) is 5.88 Å². The number of pyridine rings is 1. The Labute approximate surface area is 163 Å². The van der Waals surface area contributed by atoms with E-state index in [0.29, 0.717) is 11.8 Å². The molecule has 2 aliphatic rings. The van der Waals surface area contributed by atoms with Crippen LogP contribution in [-0.4, -0.2) is 25.9 Å². The van der Waals surface area contributed by atoms with E-state index < -0.39 is 0 Å². The summed E-state index contributed by atoms with van der Waals surface area (Å²) in [5, 5.41) is 9.04. The molecule has 1 aromatic carbocycles. The summed E-state index contributed by atoms with van der Waals surface area (Å²) in [6.07, 6.45) is 8.63. The fourth-order valence-electron chi connectivity index (χ4n) is 4.45. The van der Waals surface area contributed by atoms with Gasteiger partial charge in [-0.1, -0.05) is 6.07 Å². The lowest BCUT2D eigenvalue weighted by Crippen LogP contribution is -2.25. The molecule has 1 fully saturated rings. The van der Waals surface area contributed by atoms with Crippen LogP contribution < -0.4 is 4.74 Å². The lowest BCUT2D eigenvalue weighted by Gasteiger charge is -2.28. The number of aromatic nitrogens is 4. The molecule has 1 saturated carbocycles. The van der Waals surface area contributed by atoms with Crippen molar-refractivity contribution in [2.45, 2.75) is 57.0 Å². The molecule has 0 N–H and O–H groups in total. The fourth-order valence-corrected chi connectivity index (χ4v) is 4.45. The van der Waals surface area contributed by atoms with E-state index in [1.54, 1.807) is 12.3 Å². The molecule has 5 rings (SSSR count).